The van der Waals surface area contributed by atoms with E-state index in [0.717, 1.165) is 5.92 Å². The van der Waals surface area contributed by atoms with Gasteiger partial charge in [-0.2, -0.15) is 0 Å². The molecule has 0 bridgehead atoms. The van der Waals surface area contributed by atoms with Crippen molar-refractivity contribution in [2.45, 2.75) is 38.8 Å². The Balaban J connectivity index is 2.03. The molecular formula is C14H21NO. The van der Waals surface area contributed by atoms with Gasteiger partial charge in [-0.25, -0.2) is 0 Å². The van der Waals surface area contributed by atoms with E-state index in [1.54, 1.807) is 0 Å². The van der Waals surface area contributed by atoms with Crippen molar-refractivity contribution in [3.63, 3.8) is 0 Å². The molecule has 1 aromatic rings. The Bertz CT molecular complexity index is 327. The van der Waals surface area contributed by atoms with Crippen molar-refractivity contribution >= 4 is 0 Å². The van der Waals surface area contributed by atoms with Crippen molar-refractivity contribution in [1.29, 1.82) is 0 Å². The summed E-state index contributed by atoms with van der Waals surface area (Å²) in [6, 6.07) is 9.15. The summed E-state index contributed by atoms with van der Waals surface area (Å²) in [4.78, 5) is 0. The molecule has 0 radical (unpaired) electrons. The predicted molar refractivity (Wildman–Crippen MR) is 66.3 cm³/mol. The number of aryl methyl sites for hydroxylation is 1. The van der Waals surface area contributed by atoms with Gasteiger partial charge in [0.1, 0.15) is 0 Å². The van der Waals surface area contributed by atoms with E-state index in [-0.39, 0.29) is 6.10 Å². The maximum Gasteiger partial charge on any atom is 0.0636 e. The van der Waals surface area contributed by atoms with Gasteiger partial charge in [-0.15, -0.1) is 0 Å². The van der Waals surface area contributed by atoms with Crippen molar-refractivity contribution in [2.24, 2.45) is 5.92 Å². The lowest BCUT2D eigenvalue weighted by Crippen LogP contribution is -2.30. The summed E-state index contributed by atoms with van der Waals surface area (Å²) in [5.74, 6) is 0.765. The molecule has 1 aliphatic carbocycles. The zero-order valence-electron chi connectivity index (χ0n) is 10.1. The van der Waals surface area contributed by atoms with Crippen LogP contribution in [0.5, 0.6) is 0 Å². The zero-order valence-corrected chi connectivity index (χ0v) is 10.1. The molecule has 2 nitrogen and oxygen atoms in total. The Kier molecular flexibility index (Phi) is 3.62. The second-order valence-corrected chi connectivity index (χ2v) is 4.98. The molecule has 1 aromatic carbocycles. The quantitative estimate of drug-likeness (QED) is 0.797. The Morgan fingerprint density at radius 2 is 1.94 bits per heavy atom. The highest BCUT2D eigenvalue weighted by Gasteiger charge is 2.31. The third kappa shape index (κ3) is 3.06. The largest absolute Gasteiger partial charge is 0.392 e. The van der Waals surface area contributed by atoms with Crippen molar-refractivity contribution in [3.05, 3.63) is 35.4 Å². The number of benzene rings is 1. The van der Waals surface area contributed by atoms with Gasteiger partial charge >= 0.3 is 0 Å². The lowest BCUT2D eigenvalue weighted by molar-refractivity contribution is 0.184. The van der Waals surface area contributed by atoms with Crippen LogP contribution in [0.15, 0.2) is 24.3 Å². The average molecular weight is 219 g/mol. The number of aliphatic hydroxyl groups excluding tert-OH is 1. The van der Waals surface area contributed by atoms with E-state index in [1.807, 2.05) is 6.92 Å². The third-order valence-corrected chi connectivity index (χ3v) is 3.16. The van der Waals surface area contributed by atoms with Crippen molar-refractivity contribution < 1.29 is 5.11 Å². The van der Waals surface area contributed by atoms with Crippen LogP contribution in [0, 0.1) is 12.8 Å². The molecule has 2 N–H and O–H groups in total. The Morgan fingerprint density at radius 3 is 2.44 bits per heavy atom. The summed E-state index contributed by atoms with van der Waals surface area (Å²) >= 11 is 0. The first-order valence-corrected chi connectivity index (χ1v) is 6.15. The Morgan fingerprint density at radius 1 is 1.31 bits per heavy atom. The fraction of sp³-hybridized carbons (Fsp3) is 0.571. The normalized spacial score (nSPS) is 19.4. The van der Waals surface area contributed by atoms with Gasteiger partial charge in [0.25, 0.3) is 0 Å². The lowest BCUT2D eigenvalue weighted by Gasteiger charge is -2.20. The summed E-state index contributed by atoms with van der Waals surface area (Å²) in [6.07, 6.45) is 2.35. The van der Waals surface area contributed by atoms with Crippen molar-refractivity contribution in [3.8, 4) is 0 Å². The number of hydrogen-bond donors (Lipinski definition) is 2. The minimum Gasteiger partial charge on any atom is -0.392 e. The van der Waals surface area contributed by atoms with Crippen molar-refractivity contribution in [2.75, 3.05) is 6.54 Å². The van der Waals surface area contributed by atoms with Crippen LogP contribution in [0.3, 0.4) is 0 Å². The fourth-order valence-corrected chi connectivity index (χ4v) is 2.06. The number of aliphatic hydroxyl groups is 1. The van der Waals surface area contributed by atoms with Crippen LogP contribution in [0.25, 0.3) is 0 Å². The molecular weight excluding hydrogens is 198 g/mol. The molecule has 2 heteroatoms. The van der Waals surface area contributed by atoms with Gasteiger partial charge in [0.15, 0.2) is 0 Å². The van der Waals surface area contributed by atoms with Crippen LogP contribution in [0.2, 0.25) is 0 Å². The van der Waals surface area contributed by atoms with Gasteiger partial charge < -0.3 is 10.4 Å². The number of hydrogen-bond acceptors (Lipinski definition) is 2. The van der Waals surface area contributed by atoms with Gasteiger partial charge in [-0.3, -0.25) is 0 Å². The highest BCUT2D eigenvalue weighted by Crippen LogP contribution is 2.40. The van der Waals surface area contributed by atoms with Crippen LogP contribution in [-0.4, -0.2) is 17.8 Å². The SMILES string of the molecule is Cc1ccc(C(NCC(C)O)C2CC2)cc1. The average Bonchev–Trinajstić information content (AvgIpc) is 3.04. The van der Waals surface area contributed by atoms with E-state index in [2.05, 4.69) is 36.5 Å². The van der Waals surface area contributed by atoms with E-state index in [1.165, 1.54) is 24.0 Å². The molecule has 1 aliphatic rings. The smallest absolute Gasteiger partial charge is 0.0636 e. The topological polar surface area (TPSA) is 32.3 Å². The predicted octanol–water partition coefficient (Wildman–Crippen LogP) is 2.42. The van der Waals surface area contributed by atoms with Crippen LogP contribution in [0.4, 0.5) is 0 Å². The first kappa shape index (κ1) is 11.6. The van der Waals surface area contributed by atoms with E-state index in [4.69, 9.17) is 0 Å². The van der Waals surface area contributed by atoms with Crippen LogP contribution in [0.1, 0.15) is 36.9 Å². The second kappa shape index (κ2) is 4.98. The lowest BCUT2D eigenvalue weighted by atomic mass is 10.0. The first-order chi connectivity index (χ1) is 7.66. The fourth-order valence-electron chi connectivity index (χ4n) is 2.06. The summed E-state index contributed by atoms with van der Waals surface area (Å²) in [5, 5.41) is 12.8. The van der Waals surface area contributed by atoms with E-state index in [9.17, 15) is 5.11 Å². The van der Waals surface area contributed by atoms with Gasteiger partial charge in [-0.1, -0.05) is 29.8 Å². The maximum atomic E-state index is 9.33. The molecule has 16 heavy (non-hydrogen) atoms. The van der Waals surface area contributed by atoms with Crippen LogP contribution >= 0.6 is 0 Å². The van der Waals surface area contributed by atoms with Gasteiger partial charge in [0.05, 0.1) is 6.10 Å². The Labute approximate surface area is 97.7 Å². The monoisotopic (exact) mass is 219 g/mol. The summed E-state index contributed by atoms with van der Waals surface area (Å²) in [7, 11) is 0. The first-order valence-electron chi connectivity index (χ1n) is 6.15. The molecule has 1 saturated carbocycles. The highest BCUT2D eigenvalue weighted by atomic mass is 16.3. The number of nitrogens with one attached hydrogen (secondary N) is 1. The van der Waals surface area contributed by atoms with Crippen LogP contribution < -0.4 is 5.32 Å². The molecule has 0 aromatic heterocycles. The maximum absolute atomic E-state index is 9.33. The standard InChI is InChI=1S/C14H21NO/c1-10-3-5-12(6-4-10)14(13-7-8-13)15-9-11(2)16/h3-6,11,13-16H,7-9H2,1-2H3. The molecule has 2 rings (SSSR count). The molecule has 0 spiro atoms. The molecule has 2 atom stereocenters. The molecule has 0 saturated heterocycles. The minimum atomic E-state index is -0.272. The van der Waals surface area contributed by atoms with Gasteiger partial charge in [0, 0.05) is 12.6 Å². The van der Waals surface area contributed by atoms with Gasteiger partial charge in [0.2, 0.25) is 0 Å². The summed E-state index contributed by atoms with van der Waals surface area (Å²) < 4.78 is 0. The highest BCUT2D eigenvalue weighted by molar-refractivity contribution is 5.25. The summed E-state index contributed by atoms with van der Waals surface area (Å²) in [5.41, 5.74) is 2.66. The third-order valence-electron chi connectivity index (χ3n) is 3.16. The van der Waals surface area contributed by atoms with Crippen molar-refractivity contribution in [1.82, 2.24) is 5.32 Å². The number of rotatable bonds is 5. The van der Waals surface area contributed by atoms with E-state index in [0.29, 0.717) is 12.6 Å². The van der Waals surface area contributed by atoms with Gasteiger partial charge in [-0.05, 0) is 38.2 Å². The van der Waals surface area contributed by atoms with E-state index < -0.39 is 0 Å². The molecule has 0 heterocycles. The zero-order chi connectivity index (χ0) is 11.5. The molecule has 0 amide bonds. The molecule has 2 unspecified atom stereocenters. The second-order valence-electron chi connectivity index (χ2n) is 4.98. The molecule has 0 aliphatic heterocycles. The summed E-state index contributed by atoms with van der Waals surface area (Å²) in [6.45, 7) is 4.61. The molecule has 88 valence electrons. The molecule has 1 fully saturated rings. The minimum absolute atomic E-state index is 0.272. The van der Waals surface area contributed by atoms with E-state index >= 15 is 0 Å². The Hall–Kier alpha value is -0.860. The van der Waals surface area contributed by atoms with Crippen LogP contribution in [-0.2, 0) is 0 Å².